The summed E-state index contributed by atoms with van der Waals surface area (Å²) in [5, 5.41) is 17.9. The van der Waals surface area contributed by atoms with Crippen LogP contribution in [0.15, 0.2) is 24.3 Å². The third-order valence-electron chi connectivity index (χ3n) is 5.09. The quantitative estimate of drug-likeness (QED) is 0.894. The molecule has 1 saturated carbocycles. The lowest BCUT2D eigenvalue weighted by atomic mass is 9.86. The van der Waals surface area contributed by atoms with Crippen LogP contribution in [0, 0.1) is 5.92 Å². The van der Waals surface area contributed by atoms with E-state index in [9.17, 15) is 14.7 Å². The van der Waals surface area contributed by atoms with Crippen LogP contribution in [0.25, 0.3) is 10.9 Å². The number of fused-ring (bicyclic) bond motifs is 1. The molecule has 6 heteroatoms. The third kappa shape index (κ3) is 4.00. The van der Waals surface area contributed by atoms with Crippen LogP contribution >= 0.6 is 0 Å². The zero-order valence-corrected chi connectivity index (χ0v) is 14.6. The van der Waals surface area contributed by atoms with Crippen molar-refractivity contribution in [2.45, 2.75) is 51.0 Å². The first-order valence-corrected chi connectivity index (χ1v) is 8.99. The van der Waals surface area contributed by atoms with E-state index in [1.54, 1.807) is 4.68 Å². The lowest BCUT2D eigenvalue weighted by Crippen LogP contribution is -2.44. The number of hydrogen-bond donors (Lipinski definition) is 2. The Labute approximate surface area is 147 Å². The Bertz CT molecular complexity index is 768. The fourth-order valence-corrected chi connectivity index (χ4v) is 3.78. The van der Waals surface area contributed by atoms with E-state index >= 15 is 0 Å². The summed E-state index contributed by atoms with van der Waals surface area (Å²) in [6.45, 7) is 0. The highest BCUT2D eigenvalue weighted by atomic mass is 16.4. The second kappa shape index (κ2) is 7.68. The predicted molar refractivity (Wildman–Crippen MR) is 95.2 cm³/mol. The largest absolute Gasteiger partial charge is 0.481 e. The van der Waals surface area contributed by atoms with Crippen molar-refractivity contribution in [2.75, 3.05) is 0 Å². The zero-order valence-electron chi connectivity index (χ0n) is 14.6. The van der Waals surface area contributed by atoms with Gasteiger partial charge in [0, 0.05) is 18.5 Å². The molecule has 2 atom stereocenters. The second-order valence-corrected chi connectivity index (χ2v) is 6.87. The van der Waals surface area contributed by atoms with Gasteiger partial charge in [0.2, 0.25) is 5.91 Å². The van der Waals surface area contributed by atoms with E-state index in [-0.39, 0.29) is 18.4 Å². The molecule has 0 saturated heterocycles. The summed E-state index contributed by atoms with van der Waals surface area (Å²) < 4.78 is 1.77. The molecular weight excluding hydrogens is 318 g/mol. The number of carbonyl (C=O) groups is 2. The van der Waals surface area contributed by atoms with Crippen molar-refractivity contribution in [3.8, 4) is 0 Å². The Morgan fingerprint density at radius 2 is 1.92 bits per heavy atom. The number of aryl methyl sites for hydroxylation is 1. The summed E-state index contributed by atoms with van der Waals surface area (Å²) in [5.41, 5.74) is 1.72. The molecule has 1 aromatic carbocycles. The lowest BCUT2D eigenvalue weighted by molar-refractivity contribution is -0.143. The molecule has 2 unspecified atom stereocenters. The van der Waals surface area contributed by atoms with Gasteiger partial charge in [-0.3, -0.25) is 14.3 Å². The molecule has 134 valence electrons. The highest BCUT2D eigenvalue weighted by molar-refractivity contribution is 5.88. The first-order valence-electron chi connectivity index (χ1n) is 8.99. The molecule has 1 heterocycles. The van der Waals surface area contributed by atoms with Crippen molar-refractivity contribution < 1.29 is 14.7 Å². The van der Waals surface area contributed by atoms with Gasteiger partial charge in [-0.15, -0.1) is 0 Å². The number of nitrogens with zero attached hydrogens (tertiary/aromatic N) is 2. The molecule has 1 aromatic heterocycles. The smallest absolute Gasteiger partial charge is 0.308 e. The normalized spacial score (nSPS) is 21.5. The molecule has 0 radical (unpaired) electrons. The Kier molecular flexibility index (Phi) is 5.36. The average Bonchev–Trinajstić information content (AvgIpc) is 2.86. The van der Waals surface area contributed by atoms with E-state index in [4.69, 9.17) is 0 Å². The van der Waals surface area contributed by atoms with Crippen molar-refractivity contribution >= 4 is 22.8 Å². The number of para-hydroxylation sites is 1. The number of carboxylic acid groups (broad SMARTS) is 1. The van der Waals surface area contributed by atoms with Gasteiger partial charge in [0.05, 0.1) is 23.5 Å². The molecule has 2 aromatic rings. The minimum Gasteiger partial charge on any atom is -0.481 e. The maximum Gasteiger partial charge on any atom is 0.308 e. The maximum absolute atomic E-state index is 12.5. The van der Waals surface area contributed by atoms with E-state index in [0.29, 0.717) is 6.42 Å². The van der Waals surface area contributed by atoms with Gasteiger partial charge >= 0.3 is 5.97 Å². The van der Waals surface area contributed by atoms with Gasteiger partial charge in [-0.25, -0.2) is 0 Å². The average molecular weight is 343 g/mol. The zero-order chi connectivity index (χ0) is 17.8. The van der Waals surface area contributed by atoms with Crippen LogP contribution < -0.4 is 5.32 Å². The number of carbonyl (C=O) groups excluding carboxylic acids is 1. The monoisotopic (exact) mass is 343 g/mol. The number of nitrogens with one attached hydrogen (secondary N) is 1. The Balaban J connectivity index is 1.72. The highest BCUT2D eigenvalue weighted by Crippen LogP contribution is 2.24. The molecule has 1 amide bonds. The van der Waals surface area contributed by atoms with Crippen LogP contribution in [0.4, 0.5) is 0 Å². The first-order chi connectivity index (χ1) is 12.1. The van der Waals surface area contributed by atoms with Crippen LogP contribution in [-0.4, -0.2) is 32.8 Å². The molecule has 2 N–H and O–H groups in total. The van der Waals surface area contributed by atoms with E-state index in [1.807, 2.05) is 31.3 Å². The Morgan fingerprint density at radius 3 is 2.68 bits per heavy atom. The van der Waals surface area contributed by atoms with Crippen molar-refractivity contribution in [1.82, 2.24) is 15.1 Å². The molecule has 1 aliphatic rings. The van der Waals surface area contributed by atoms with E-state index in [1.165, 1.54) is 0 Å². The number of benzene rings is 1. The third-order valence-corrected chi connectivity index (χ3v) is 5.09. The summed E-state index contributed by atoms with van der Waals surface area (Å²) >= 11 is 0. The predicted octanol–water partition coefficient (Wildman–Crippen LogP) is 2.66. The van der Waals surface area contributed by atoms with Crippen LogP contribution in [0.3, 0.4) is 0 Å². The molecule has 25 heavy (non-hydrogen) atoms. The number of aromatic nitrogens is 2. The lowest BCUT2D eigenvalue weighted by Gasteiger charge is -2.27. The highest BCUT2D eigenvalue weighted by Gasteiger charge is 2.30. The number of carboxylic acids is 1. The summed E-state index contributed by atoms with van der Waals surface area (Å²) in [7, 11) is 1.86. The van der Waals surface area contributed by atoms with Gasteiger partial charge in [0.15, 0.2) is 0 Å². The first kappa shape index (κ1) is 17.5. The fourth-order valence-electron chi connectivity index (χ4n) is 3.78. The van der Waals surface area contributed by atoms with Gasteiger partial charge in [0.1, 0.15) is 0 Å². The van der Waals surface area contributed by atoms with Crippen LogP contribution in [0.2, 0.25) is 0 Å². The second-order valence-electron chi connectivity index (χ2n) is 6.87. The maximum atomic E-state index is 12.5. The van der Waals surface area contributed by atoms with Gasteiger partial charge in [-0.2, -0.15) is 5.10 Å². The van der Waals surface area contributed by atoms with Crippen LogP contribution in [0.5, 0.6) is 0 Å². The molecule has 1 fully saturated rings. The summed E-state index contributed by atoms with van der Waals surface area (Å²) in [6, 6.07) is 7.51. The Hall–Kier alpha value is -2.37. The minimum absolute atomic E-state index is 0.152. The minimum atomic E-state index is -0.810. The molecular formula is C19H25N3O3. The van der Waals surface area contributed by atoms with Crippen molar-refractivity contribution in [2.24, 2.45) is 13.0 Å². The SMILES string of the molecule is Cn1nc(CC(=O)NC2CCCCCCC2C(=O)O)c2ccccc21. The number of amides is 1. The van der Waals surface area contributed by atoms with Gasteiger partial charge in [0.25, 0.3) is 0 Å². The van der Waals surface area contributed by atoms with Crippen LogP contribution in [0.1, 0.15) is 44.2 Å². The standard InChI is InChI=1S/C19H25N3O3/c1-22-17-11-7-6-8-13(17)16(21-22)12-18(23)20-15-10-5-3-2-4-9-14(15)19(24)25/h6-8,11,14-15H,2-5,9-10,12H2,1H3,(H,20,23)(H,24,25). The van der Waals surface area contributed by atoms with E-state index in [2.05, 4.69) is 10.4 Å². The topological polar surface area (TPSA) is 84.2 Å². The molecule has 6 nitrogen and oxygen atoms in total. The summed E-state index contributed by atoms with van der Waals surface area (Å²) in [4.78, 5) is 24.1. The number of rotatable bonds is 4. The van der Waals surface area contributed by atoms with Gasteiger partial charge in [-0.05, 0) is 18.9 Å². The number of hydrogen-bond acceptors (Lipinski definition) is 3. The van der Waals surface area contributed by atoms with Crippen LogP contribution in [-0.2, 0) is 23.1 Å². The molecule has 0 aliphatic heterocycles. The molecule has 1 aliphatic carbocycles. The van der Waals surface area contributed by atoms with E-state index in [0.717, 1.165) is 48.7 Å². The Morgan fingerprint density at radius 1 is 1.20 bits per heavy atom. The summed E-state index contributed by atoms with van der Waals surface area (Å²) in [5.74, 6) is -1.46. The van der Waals surface area contributed by atoms with Gasteiger partial charge in [-0.1, -0.05) is 43.9 Å². The van der Waals surface area contributed by atoms with Crippen molar-refractivity contribution in [3.05, 3.63) is 30.0 Å². The van der Waals surface area contributed by atoms with E-state index < -0.39 is 11.9 Å². The van der Waals surface area contributed by atoms with Gasteiger partial charge < -0.3 is 10.4 Å². The molecule has 0 spiro atoms. The fraction of sp³-hybridized carbons (Fsp3) is 0.526. The summed E-state index contributed by atoms with van der Waals surface area (Å²) in [6.07, 6.45) is 5.58. The molecule has 3 rings (SSSR count). The van der Waals surface area contributed by atoms with Crippen molar-refractivity contribution in [3.63, 3.8) is 0 Å². The number of aliphatic carboxylic acids is 1. The van der Waals surface area contributed by atoms with Crippen molar-refractivity contribution in [1.29, 1.82) is 0 Å². The molecule has 0 bridgehead atoms.